The van der Waals surface area contributed by atoms with Gasteiger partial charge in [-0.2, -0.15) is 0 Å². The van der Waals surface area contributed by atoms with Crippen LogP contribution in [0.1, 0.15) is 46.3 Å². The zero-order chi connectivity index (χ0) is 24.2. The first kappa shape index (κ1) is 22.9. The van der Waals surface area contributed by atoms with Crippen LogP contribution in [0.5, 0.6) is 5.88 Å². The van der Waals surface area contributed by atoms with Gasteiger partial charge < -0.3 is 9.57 Å². The van der Waals surface area contributed by atoms with Gasteiger partial charge >= 0.3 is 0 Å². The second kappa shape index (κ2) is 10.2. The van der Waals surface area contributed by atoms with Crippen molar-refractivity contribution in [1.82, 2.24) is 9.63 Å². The van der Waals surface area contributed by atoms with Gasteiger partial charge in [-0.3, -0.25) is 9.69 Å². The van der Waals surface area contributed by atoms with E-state index >= 15 is 0 Å². The lowest BCUT2D eigenvalue weighted by Crippen LogP contribution is -2.32. The van der Waals surface area contributed by atoms with Gasteiger partial charge in [0.05, 0.1) is 0 Å². The molecule has 0 fully saturated rings. The maximum absolute atomic E-state index is 13.1. The molecule has 1 aliphatic heterocycles. The van der Waals surface area contributed by atoms with E-state index in [0.29, 0.717) is 12.5 Å². The number of ether oxygens (including phenoxy) is 1. The van der Waals surface area contributed by atoms with Crippen molar-refractivity contribution in [3.8, 4) is 5.88 Å². The Kier molecular flexibility index (Phi) is 6.68. The highest BCUT2D eigenvalue weighted by Gasteiger charge is 2.29. The smallest absolute Gasteiger partial charge is 0.286 e. The minimum atomic E-state index is -0.234. The van der Waals surface area contributed by atoms with Crippen LogP contribution in [0.3, 0.4) is 0 Å². The van der Waals surface area contributed by atoms with Gasteiger partial charge in [0.25, 0.3) is 5.56 Å². The molecule has 35 heavy (non-hydrogen) atoms. The number of hydrogen-bond donors (Lipinski definition) is 0. The Morgan fingerprint density at radius 3 is 1.94 bits per heavy atom. The van der Waals surface area contributed by atoms with Crippen LogP contribution >= 0.6 is 0 Å². The van der Waals surface area contributed by atoms with Gasteiger partial charge in [-0.05, 0) is 41.7 Å². The molecule has 1 aromatic heterocycles. The Balaban J connectivity index is 1.50. The zero-order valence-corrected chi connectivity index (χ0v) is 20.2. The highest BCUT2D eigenvalue weighted by Crippen LogP contribution is 2.36. The summed E-state index contributed by atoms with van der Waals surface area (Å²) in [5.41, 5.74) is 6.35. The zero-order valence-electron chi connectivity index (χ0n) is 20.2. The number of fused-ring (bicyclic) bond motifs is 1. The fourth-order valence-corrected chi connectivity index (χ4v) is 4.72. The highest BCUT2D eigenvalue weighted by atomic mass is 16.7. The largest absolute Gasteiger partial charge is 0.472 e. The molecule has 2 heterocycles. The highest BCUT2D eigenvalue weighted by molar-refractivity contribution is 5.39. The normalized spacial score (nSPS) is 13.9. The Morgan fingerprint density at radius 1 is 0.800 bits per heavy atom. The van der Waals surface area contributed by atoms with Crippen LogP contribution < -0.4 is 15.1 Å². The van der Waals surface area contributed by atoms with Crippen molar-refractivity contribution < 1.29 is 9.57 Å². The van der Waals surface area contributed by atoms with Crippen LogP contribution in [0, 0.1) is 6.92 Å². The summed E-state index contributed by atoms with van der Waals surface area (Å²) in [6.07, 6.45) is 0. The van der Waals surface area contributed by atoms with Crippen LogP contribution in [0.2, 0.25) is 0 Å². The molecule has 5 heteroatoms. The molecule has 1 aliphatic rings. The fraction of sp³-hybridized carbons (Fsp3) is 0.233. The predicted molar refractivity (Wildman–Crippen MR) is 137 cm³/mol. The molecule has 1 unspecified atom stereocenters. The Bertz CT molecular complexity index is 1320. The van der Waals surface area contributed by atoms with Gasteiger partial charge in [-0.1, -0.05) is 84.9 Å². The van der Waals surface area contributed by atoms with E-state index in [0.717, 1.165) is 35.3 Å². The van der Waals surface area contributed by atoms with Crippen molar-refractivity contribution in [2.45, 2.75) is 46.2 Å². The molecule has 4 aromatic rings. The van der Waals surface area contributed by atoms with Gasteiger partial charge in [0, 0.05) is 30.8 Å². The molecule has 0 saturated heterocycles. The molecule has 5 rings (SSSR count). The first-order valence-corrected chi connectivity index (χ1v) is 12.0. The Labute approximate surface area is 206 Å². The van der Waals surface area contributed by atoms with Crippen molar-refractivity contribution in [2.75, 3.05) is 0 Å². The topological polar surface area (TPSA) is 43.7 Å². The monoisotopic (exact) mass is 466 g/mol. The molecule has 0 N–H and O–H groups in total. The summed E-state index contributed by atoms with van der Waals surface area (Å²) in [7, 11) is 0. The molecule has 5 nitrogen and oxygen atoms in total. The van der Waals surface area contributed by atoms with Crippen LogP contribution in [0.15, 0.2) is 95.8 Å². The summed E-state index contributed by atoms with van der Waals surface area (Å²) < 4.78 is 7.70. The third-order valence-corrected chi connectivity index (χ3v) is 6.63. The van der Waals surface area contributed by atoms with Crippen molar-refractivity contribution >= 4 is 0 Å². The fourth-order valence-electron chi connectivity index (χ4n) is 4.72. The van der Waals surface area contributed by atoms with Gasteiger partial charge in [0.15, 0.2) is 0 Å². The number of hydrogen-bond acceptors (Lipinski definition) is 4. The van der Waals surface area contributed by atoms with Crippen molar-refractivity contribution in [3.05, 3.63) is 135 Å². The van der Waals surface area contributed by atoms with Gasteiger partial charge in [-0.25, -0.2) is 0 Å². The van der Waals surface area contributed by atoms with E-state index in [-0.39, 0.29) is 18.2 Å². The van der Waals surface area contributed by atoms with Crippen molar-refractivity contribution in [1.29, 1.82) is 0 Å². The molecule has 0 saturated carbocycles. The molecule has 0 radical (unpaired) electrons. The lowest BCUT2D eigenvalue weighted by atomic mass is 10.0. The number of rotatable bonds is 8. The standard InChI is InChI=1S/C30H30N2O3/c1-22-17-28(33)32(35-21-25-13-7-4-8-14-25)30(34-20-24-11-5-3-6-12-24)29(22)23(2)31-18-26-15-9-10-16-27(26)19-31/h3-17,23H,18-21H2,1-2H3. The Hall–Kier alpha value is -3.83. The number of nitrogens with zero attached hydrogens (tertiary/aromatic N) is 2. The van der Waals surface area contributed by atoms with Crippen LogP contribution in [0.4, 0.5) is 0 Å². The molecule has 1 atom stereocenters. The summed E-state index contributed by atoms with van der Waals surface area (Å²) in [6, 6.07) is 30.1. The second-order valence-corrected chi connectivity index (χ2v) is 9.06. The summed E-state index contributed by atoms with van der Waals surface area (Å²) in [4.78, 5) is 21.6. The molecular weight excluding hydrogens is 436 g/mol. The van der Waals surface area contributed by atoms with Crippen LogP contribution in [-0.2, 0) is 26.3 Å². The van der Waals surface area contributed by atoms with E-state index < -0.39 is 0 Å². The minimum absolute atomic E-state index is 0.0281. The molecule has 178 valence electrons. The number of aromatic nitrogens is 1. The minimum Gasteiger partial charge on any atom is -0.472 e. The first-order valence-electron chi connectivity index (χ1n) is 12.0. The maximum atomic E-state index is 13.1. The van der Waals surface area contributed by atoms with E-state index in [4.69, 9.17) is 9.57 Å². The summed E-state index contributed by atoms with van der Waals surface area (Å²) in [6.45, 7) is 6.49. The van der Waals surface area contributed by atoms with Crippen molar-refractivity contribution in [2.24, 2.45) is 0 Å². The lowest BCUT2D eigenvalue weighted by Gasteiger charge is -2.28. The number of pyridine rings is 1. The molecule has 0 amide bonds. The SMILES string of the molecule is Cc1cc(=O)n(OCc2ccccc2)c(OCc2ccccc2)c1C(C)N1Cc2ccccc2C1. The lowest BCUT2D eigenvalue weighted by molar-refractivity contribution is 0.0595. The summed E-state index contributed by atoms with van der Waals surface area (Å²) in [5, 5.41) is 0. The predicted octanol–water partition coefficient (Wildman–Crippen LogP) is 5.44. The molecule has 0 bridgehead atoms. The van der Waals surface area contributed by atoms with Crippen LogP contribution in [-0.4, -0.2) is 9.63 Å². The molecular formula is C30H30N2O3. The third-order valence-electron chi connectivity index (χ3n) is 6.63. The number of aryl methyl sites for hydroxylation is 1. The van der Waals surface area contributed by atoms with Gasteiger partial charge in [-0.15, -0.1) is 4.73 Å². The third kappa shape index (κ3) is 5.00. The maximum Gasteiger partial charge on any atom is 0.286 e. The second-order valence-electron chi connectivity index (χ2n) is 9.06. The Morgan fingerprint density at radius 2 is 1.34 bits per heavy atom. The van der Waals surface area contributed by atoms with Crippen LogP contribution in [0.25, 0.3) is 0 Å². The molecule has 0 spiro atoms. The van der Waals surface area contributed by atoms with Gasteiger partial charge in [0.2, 0.25) is 5.88 Å². The van der Waals surface area contributed by atoms with Gasteiger partial charge in [0.1, 0.15) is 13.2 Å². The van der Waals surface area contributed by atoms with E-state index in [2.05, 4.69) is 36.1 Å². The average Bonchev–Trinajstić information content (AvgIpc) is 3.32. The van der Waals surface area contributed by atoms with E-state index in [9.17, 15) is 4.79 Å². The first-order chi connectivity index (χ1) is 17.1. The number of benzene rings is 3. The van der Waals surface area contributed by atoms with E-state index in [1.807, 2.05) is 67.6 Å². The molecule has 3 aromatic carbocycles. The summed E-state index contributed by atoms with van der Waals surface area (Å²) >= 11 is 0. The summed E-state index contributed by atoms with van der Waals surface area (Å²) in [5.74, 6) is 0.471. The average molecular weight is 467 g/mol. The molecule has 0 aliphatic carbocycles. The van der Waals surface area contributed by atoms with Crippen molar-refractivity contribution in [3.63, 3.8) is 0 Å². The van der Waals surface area contributed by atoms with E-state index in [1.54, 1.807) is 6.07 Å². The quantitative estimate of drug-likeness (QED) is 0.347. The van der Waals surface area contributed by atoms with E-state index in [1.165, 1.54) is 15.9 Å².